The maximum Gasteiger partial charge on any atom is 0.0415 e. The lowest BCUT2D eigenvalue weighted by molar-refractivity contribution is 0.417. The summed E-state index contributed by atoms with van der Waals surface area (Å²) >= 11 is 5.45. The molecule has 0 aliphatic carbocycles. The van der Waals surface area contributed by atoms with Gasteiger partial charge in [-0.15, -0.1) is 11.3 Å². The van der Waals surface area contributed by atoms with Crippen molar-refractivity contribution < 1.29 is 0 Å². The molecule has 1 aromatic heterocycles. The molecule has 1 N–H and O–H groups in total. The van der Waals surface area contributed by atoms with Crippen molar-refractivity contribution in [3.8, 4) is 10.4 Å². The maximum absolute atomic E-state index is 3.61. The zero-order chi connectivity index (χ0) is 12.4. The second-order valence-corrected chi connectivity index (χ2v) is 6.75. The van der Waals surface area contributed by atoms with Gasteiger partial charge in [-0.1, -0.05) is 34.5 Å². The van der Waals surface area contributed by atoms with Gasteiger partial charge in [0.05, 0.1) is 0 Å². The first-order valence-electron chi connectivity index (χ1n) is 6.42. The Labute approximate surface area is 120 Å². The van der Waals surface area contributed by atoms with E-state index in [2.05, 4.69) is 57.6 Å². The molecule has 3 rings (SSSR count). The topological polar surface area (TPSA) is 12.0 Å². The summed E-state index contributed by atoms with van der Waals surface area (Å²) in [5.41, 5.74) is 1.30. The Morgan fingerprint density at radius 3 is 2.89 bits per heavy atom. The average Bonchev–Trinajstić information content (AvgIpc) is 2.89. The van der Waals surface area contributed by atoms with E-state index in [1.54, 1.807) is 0 Å². The van der Waals surface area contributed by atoms with Gasteiger partial charge in [0, 0.05) is 20.3 Å². The zero-order valence-corrected chi connectivity index (χ0v) is 12.6. The van der Waals surface area contributed by atoms with Crippen LogP contribution in [0.4, 0.5) is 0 Å². The third kappa shape index (κ3) is 2.68. The van der Waals surface area contributed by atoms with Crippen LogP contribution in [-0.4, -0.2) is 6.54 Å². The van der Waals surface area contributed by atoms with Crippen LogP contribution in [0.5, 0.6) is 0 Å². The van der Waals surface area contributed by atoms with E-state index < -0.39 is 0 Å². The average molecular weight is 322 g/mol. The number of piperidine rings is 1. The summed E-state index contributed by atoms with van der Waals surface area (Å²) in [5, 5.41) is 3.61. The molecule has 1 aliphatic heterocycles. The van der Waals surface area contributed by atoms with E-state index in [0.29, 0.717) is 6.04 Å². The van der Waals surface area contributed by atoms with Gasteiger partial charge >= 0.3 is 0 Å². The Balaban J connectivity index is 1.84. The highest BCUT2D eigenvalue weighted by atomic mass is 79.9. The number of nitrogens with one attached hydrogen (secondary N) is 1. The van der Waals surface area contributed by atoms with Crippen molar-refractivity contribution in [2.45, 2.75) is 25.3 Å². The van der Waals surface area contributed by atoms with Crippen molar-refractivity contribution in [3.63, 3.8) is 0 Å². The molecule has 1 nitrogen and oxygen atoms in total. The van der Waals surface area contributed by atoms with Crippen LogP contribution in [-0.2, 0) is 0 Å². The minimum absolute atomic E-state index is 0.574. The summed E-state index contributed by atoms with van der Waals surface area (Å²) in [6.45, 7) is 1.16. The third-order valence-electron chi connectivity index (χ3n) is 3.39. The highest BCUT2D eigenvalue weighted by Crippen LogP contribution is 2.34. The number of benzene rings is 1. The van der Waals surface area contributed by atoms with Crippen LogP contribution in [0.1, 0.15) is 30.2 Å². The van der Waals surface area contributed by atoms with E-state index in [1.165, 1.54) is 34.6 Å². The minimum atomic E-state index is 0.574. The van der Waals surface area contributed by atoms with E-state index in [1.807, 2.05) is 11.3 Å². The largest absolute Gasteiger partial charge is 0.309 e. The van der Waals surface area contributed by atoms with Crippen LogP contribution in [0, 0.1) is 0 Å². The quantitative estimate of drug-likeness (QED) is 0.821. The zero-order valence-electron chi connectivity index (χ0n) is 10.2. The van der Waals surface area contributed by atoms with Gasteiger partial charge in [0.1, 0.15) is 0 Å². The minimum Gasteiger partial charge on any atom is -0.309 e. The Kier molecular flexibility index (Phi) is 3.83. The summed E-state index contributed by atoms with van der Waals surface area (Å²) in [6.07, 6.45) is 3.95. The fourth-order valence-corrected chi connectivity index (χ4v) is 3.95. The van der Waals surface area contributed by atoms with E-state index in [9.17, 15) is 0 Å². The molecule has 2 aromatic rings. The second kappa shape index (κ2) is 5.55. The van der Waals surface area contributed by atoms with Gasteiger partial charge in [-0.05, 0) is 49.2 Å². The fourth-order valence-electron chi connectivity index (χ4n) is 2.43. The van der Waals surface area contributed by atoms with Gasteiger partial charge in [0.25, 0.3) is 0 Å². The molecule has 1 aromatic carbocycles. The van der Waals surface area contributed by atoms with E-state index in [4.69, 9.17) is 0 Å². The first kappa shape index (κ1) is 12.4. The molecule has 1 fully saturated rings. The van der Waals surface area contributed by atoms with Crippen molar-refractivity contribution >= 4 is 27.3 Å². The van der Waals surface area contributed by atoms with Gasteiger partial charge in [-0.3, -0.25) is 0 Å². The molecule has 2 heterocycles. The van der Waals surface area contributed by atoms with Crippen LogP contribution in [0.2, 0.25) is 0 Å². The smallest absolute Gasteiger partial charge is 0.0415 e. The summed E-state index contributed by atoms with van der Waals surface area (Å²) in [4.78, 5) is 2.84. The van der Waals surface area contributed by atoms with Gasteiger partial charge in [0.15, 0.2) is 0 Å². The van der Waals surface area contributed by atoms with Crippen LogP contribution in [0.15, 0.2) is 40.9 Å². The lowest BCUT2D eigenvalue weighted by Crippen LogP contribution is -2.25. The number of rotatable bonds is 2. The molecule has 3 heteroatoms. The first-order chi connectivity index (χ1) is 8.83. The molecular weight excluding hydrogens is 306 g/mol. The van der Waals surface area contributed by atoms with Crippen molar-refractivity contribution in [1.29, 1.82) is 0 Å². The highest BCUT2D eigenvalue weighted by molar-refractivity contribution is 9.10. The summed E-state index contributed by atoms with van der Waals surface area (Å²) in [5.74, 6) is 0. The van der Waals surface area contributed by atoms with Crippen molar-refractivity contribution in [2.24, 2.45) is 0 Å². The SMILES string of the molecule is Brc1cccc(-c2ccc(C3CCCCN3)s2)c1. The number of hydrogen-bond acceptors (Lipinski definition) is 2. The van der Waals surface area contributed by atoms with Crippen LogP contribution >= 0.6 is 27.3 Å². The standard InChI is InChI=1S/C15H16BrNS/c16-12-5-3-4-11(10-12)14-7-8-15(18-14)13-6-1-2-9-17-13/h3-5,7-8,10,13,17H,1-2,6,9H2. The second-order valence-electron chi connectivity index (χ2n) is 4.71. The van der Waals surface area contributed by atoms with E-state index >= 15 is 0 Å². The molecule has 1 atom stereocenters. The molecule has 0 saturated carbocycles. The van der Waals surface area contributed by atoms with Crippen LogP contribution in [0.3, 0.4) is 0 Å². The monoisotopic (exact) mass is 321 g/mol. The predicted molar refractivity (Wildman–Crippen MR) is 82.0 cm³/mol. The molecule has 0 amide bonds. The van der Waals surface area contributed by atoms with Crippen molar-refractivity contribution in [2.75, 3.05) is 6.54 Å². The van der Waals surface area contributed by atoms with Gasteiger partial charge in [-0.2, -0.15) is 0 Å². The number of hydrogen-bond donors (Lipinski definition) is 1. The normalized spacial score (nSPS) is 19.9. The highest BCUT2D eigenvalue weighted by Gasteiger charge is 2.16. The lowest BCUT2D eigenvalue weighted by Gasteiger charge is -2.22. The van der Waals surface area contributed by atoms with E-state index in [-0.39, 0.29) is 0 Å². The molecule has 1 saturated heterocycles. The molecule has 94 valence electrons. The molecule has 0 spiro atoms. The Morgan fingerprint density at radius 2 is 2.11 bits per heavy atom. The van der Waals surface area contributed by atoms with Crippen molar-refractivity contribution in [1.82, 2.24) is 5.32 Å². The molecule has 18 heavy (non-hydrogen) atoms. The Hall–Kier alpha value is -0.640. The van der Waals surface area contributed by atoms with E-state index in [0.717, 1.165) is 11.0 Å². The fraction of sp³-hybridized carbons (Fsp3) is 0.333. The summed E-state index contributed by atoms with van der Waals surface area (Å²) < 4.78 is 1.14. The summed E-state index contributed by atoms with van der Waals surface area (Å²) in [6, 6.07) is 13.6. The first-order valence-corrected chi connectivity index (χ1v) is 8.03. The van der Waals surface area contributed by atoms with Crippen molar-refractivity contribution in [3.05, 3.63) is 45.7 Å². The van der Waals surface area contributed by atoms with Crippen LogP contribution in [0.25, 0.3) is 10.4 Å². The maximum atomic E-state index is 3.61. The third-order valence-corrected chi connectivity index (χ3v) is 5.13. The number of thiophene rings is 1. The van der Waals surface area contributed by atoms with Crippen LogP contribution < -0.4 is 5.32 Å². The molecule has 1 unspecified atom stereocenters. The Bertz CT molecular complexity index is 529. The molecule has 0 bridgehead atoms. The lowest BCUT2D eigenvalue weighted by atomic mass is 10.0. The van der Waals surface area contributed by atoms with Gasteiger partial charge in [0.2, 0.25) is 0 Å². The Morgan fingerprint density at radius 1 is 1.17 bits per heavy atom. The molecule has 1 aliphatic rings. The number of halogens is 1. The van der Waals surface area contributed by atoms with Gasteiger partial charge < -0.3 is 5.32 Å². The molecular formula is C15H16BrNS. The molecule has 0 radical (unpaired) electrons. The predicted octanol–water partition coefficient (Wildman–Crippen LogP) is 4.99. The van der Waals surface area contributed by atoms with Gasteiger partial charge in [-0.25, -0.2) is 0 Å². The summed E-state index contributed by atoms with van der Waals surface area (Å²) in [7, 11) is 0.